The molecule has 5 nitrogen and oxygen atoms in total. The van der Waals surface area contributed by atoms with Crippen molar-refractivity contribution in [3.8, 4) is 0 Å². The predicted octanol–water partition coefficient (Wildman–Crippen LogP) is 1.94. The fourth-order valence-corrected chi connectivity index (χ4v) is 3.52. The summed E-state index contributed by atoms with van der Waals surface area (Å²) >= 11 is 0. The Labute approximate surface area is 141 Å². The average molecular weight is 338 g/mol. The van der Waals surface area contributed by atoms with Crippen molar-refractivity contribution < 1.29 is 13.6 Å². The number of carbonyl (C=O) groups excluding carboxylic acids is 1. The number of likely N-dealkylation sites (N-methyl/N-ethyl adjacent to an activating group) is 1. The second-order valence-electron chi connectivity index (χ2n) is 6.66. The molecule has 2 aliphatic rings. The molecule has 2 atom stereocenters. The summed E-state index contributed by atoms with van der Waals surface area (Å²) in [5.41, 5.74) is 0.383. The van der Waals surface area contributed by atoms with E-state index in [1.165, 1.54) is 18.6 Å². The normalized spacial score (nSPS) is 24.4. The van der Waals surface area contributed by atoms with Gasteiger partial charge in [-0.15, -0.1) is 0 Å². The largest absolute Gasteiger partial charge is 0.367 e. The highest BCUT2D eigenvalue weighted by atomic mass is 19.1. The third-order valence-electron chi connectivity index (χ3n) is 4.94. The van der Waals surface area contributed by atoms with E-state index in [2.05, 4.69) is 22.6 Å². The molecular formula is C17H24F2N4O. The molecule has 24 heavy (non-hydrogen) atoms. The lowest BCUT2D eigenvalue weighted by Crippen LogP contribution is -2.47. The Morgan fingerprint density at radius 1 is 1.29 bits per heavy atom. The Hall–Kier alpha value is -1.89. The molecule has 0 spiro atoms. The lowest BCUT2D eigenvalue weighted by molar-refractivity contribution is 0.231. The van der Waals surface area contributed by atoms with Crippen LogP contribution in [-0.2, 0) is 0 Å². The van der Waals surface area contributed by atoms with Crippen LogP contribution in [0.3, 0.4) is 0 Å². The number of benzene rings is 1. The summed E-state index contributed by atoms with van der Waals surface area (Å²) in [5, 5.41) is 5.86. The number of anilines is 1. The third-order valence-corrected chi connectivity index (χ3v) is 4.94. The van der Waals surface area contributed by atoms with Gasteiger partial charge in [0.1, 0.15) is 11.6 Å². The van der Waals surface area contributed by atoms with Crippen molar-refractivity contribution in [2.75, 3.05) is 38.1 Å². The first-order valence-electron chi connectivity index (χ1n) is 8.47. The van der Waals surface area contributed by atoms with Crippen LogP contribution >= 0.6 is 0 Å². The van der Waals surface area contributed by atoms with Gasteiger partial charge in [0.2, 0.25) is 0 Å². The molecule has 0 bridgehead atoms. The molecule has 1 aromatic rings. The van der Waals surface area contributed by atoms with Crippen molar-refractivity contribution >= 4 is 11.7 Å². The van der Waals surface area contributed by atoms with Crippen LogP contribution in [0.5, 0.6) is 0 Å². The average Bonchev–Trinajstić information content (AvgIpc) is 3.14. The van der Waals surface area contributed by atoms with Crippen LogP contribution in [0.4, 0.5) is 19.3 Å². The minimum atomic E-state index is -0.582. The van der Waals surface area contributed by atoms with Crippen LogP contribution < -0.4 is 15.5 Å². The maximum Gasteiger partial charge on any atom is 0.315 e. The van der Waals surface area contributed by atoms with E-state index in [1.54, 1.807) is 0 Å². The van der Waals surface area contributed by atoms with Crippen molar-refractivity contribution in [3.63, 3.8) is 0 Å². The Morgan fingerprint density at radius 2 is 2.12 bits per heavy atom. The van der Waals surface area contributed by atoms with Crippen LogP contribution in [0.1, 0.15) is 19.3 Å². The van der Waals surface area contributed by atoms with Crippen molar-refractivity contribution in [1.29, 1.82) is 0 Å². The fourth-order valence-electron chi connectivity index (χ4n) is 3.52. The number of hydrogen-bond donors (Lipinski definition) is 2. The third kappa shape index (κ3) is 3.95. The van der Waals surface area contributed by atoms with E-state index >= 15 is 0 Å². The number of likely N-dealkylation sites (tertiary alicyclic amines) is 1. The molecule has 7 heteroatoms. The zero-order valence-corrected chi connectivity index (χ0v) is 13.9. The maximum absolute atomic E-state index is 13.8. The highest BCUT2D eigenvalue weighted by molar-refractivity contribution is 5.74. The lowest BCUT2D eigenvalue weighted by Gasteiger charge is -2.21. The first kappa shape index (κ1) is 17.0. The highest BCUT2D eigenvalue weighted by Crippen LogP contribution is 2.24. The Morgan fingerprint density at radius 3 is 2.83 bits per heavy atom. The molecular weight excluding hydrogens is 314 g/mol. The van der Waals surface area contributed by atoms with Crippen molar-refractivity contribution in [2.24, 2.45) is 0 Å². The smallest absolute Gasteiger partial charge is 0.315 e. The van der Waals surface area contributed by atoms with E-state index in [4.69, 9.17) is 0 Å². The SMILES string of the molecule is CN1CCCC1CNC(=O)NC1CCN(c2ccc(F)cc2F)C1. The van der Waals surface area contributed by atoms with Crippen molar-refractivity contribution in [2.45, 2.75) is 31.3 Å². The van der Waals surface area contributed by atoms with Crippen molar-refractivity contribution in [1.82, 2.24) is 15.5 Å². The first-order valence-corrected chi connectivity index (χ1v) is 8.47. The lowest BCUT2D eigenvalue weighted by atomic mass is 10.2. The van der Waals surface area contributed by atoms with E-state index in [0.717, 1.165) is 25.5 Å². The van der Waals surface area contributed by atoms with E-state index in [-0.39, 0.29) is 12.1 Å². The Kier molecular flexibility index (Phi) is 5.18. The van der Waals surface area contributed by atoms with Crippen LogP contribution in [0.2, 0.25) is 0 Å². The van der Waals surface area contributed by atoms with Crippen LogP contribution in [0, 0.1) is 11.6 Å². The van der Waals surface area contributed by atoms with E-state index in [0.29, 0.717) is 31.4 Å². The summed E-state index contributed by atoms with van der Waals surface area (Å²) in [4.78, 5) is 16.1. The van der Waals surface area contributed by atoms with Gasteiger partial charge < -0.3 is 20.4 Å². The summed E-state index contributed by atoms with van der Waals surface area (Å²) < 4.78 is 26.8. The standard InChI is InChI=1S/C17H24F2N4O/c1-22-7-2-3-14(22)10-20-17(24)21-13-6-8-23(11-13)16-5-4-12(18)9-15(16)19/h4-5,9,13-14H,2-3,6-8,10-11H2,1H3,(H2,20,21,24). The highest BCUT2D eigenvalue weighted by Gasteiger charge is 2.26. The first-order chi connectivity index (χ1) is 11.5. The molecule has 0 aromatic heterocycles. The van der Waals surface area contributed by atoms with Gasteiger partial charge in [-0.25, -0.2) is 13.6 Å². The molecule has 2 aliphatic heterocycles. The molecule has 2 N–H and O–H groups in total. The van der Waals surface area contributed by atoms with Gasteiger partial charge in [0.15, 0.2) is 0 Å². The minimum Gasteiger partial charge on any atom is -0.367 e. The summed E-state index contributed by atoms with van der Waals surface area (Å²) in [6.45, 7) is 2.89. The Balaban J connectivity index is 1.46. The van der Waals surface area contributed by atoms with Gasteiger partial charge in [-0.2, -0.15) is 0 Å². The summed E-state index contributed by atoms with van der Waals surface area (Å²) in [6, 6.07) is 3.79. The number of halogens is 2. The quantitative estimate of drug-likeness (QED) is 0.882. The number of rotatable bonds is 4. The van der Waals surface area contributed by atoms with Gasteiger partial charge in [-0.05, 0) is 45.0 Å². The molecule has 132 valence electrons. The zero-order valence-electron chi connectivity index (χ0n) is 13.9. The predicted molar refractivity (Wildman–Crippen MR) is 89.2 cm³/mol. The number of carbonyl (C=O) groups is 1. The number of urea groups is 1. The maximum atomic E-state index is 13.8. The van der Waals surface area contributed by atoms with Gasteiger partial charge in [0.25, 0.3) is 0 Å². The van der Waals surface area contributed by atoms with Gasteiger partial charge in [-0.1, -0.05) is 0 Å². The number of nitrogens with zero attached hydrogens (tertiary/aromatic N) is 2. The van der Waals surface area contributed by atoms with Gasteiger partial charge in [0.05, 0.1) is 5.69 Å². The molecule has 2 fully saturated rings. The van der Waals surface area contributed by atoms with Crippen LogP contribution in [0.25, 0.3) is 0 Å². The van der Waals surface area contributed by atoms with Gasteiger partial charge >= 0.3 is 6.03 Å². The molecule has 0 saturated carbocycles. The fraction of sp³-hybridized carbons (Fsp3) is 0.588. The number of hydrogen-bond acceptors (Lipinski definition) is 3. The molecule has 2 saturated heterocycles. The van der Waals surface area contributed by atoms with E-state index < -0.39 is 11.6 Å². The monoisotopic (exact) mass is 338 g/mol. The van der Waals surface area contributed by atoms with Gasteiger partial charge in [-0.3, -0.25) is 0 Å². The van der Waals surface area contributed by atoms with Crippen molar-refractivity contribution in [3.05, 3.63) is 29.8 Å². The molecule has 0 radical (unpaired) electrons. The van der Waals surface area contributed by atoms with E-state index in [1.807, 2.05) is 4.90 Å². The van der Waals surface area contributed by atoms with Gasteiger partial charge in [0, 0.05) is 37.8 Å². The molecule has 2 amide bonds. The second-order valence-corrected chi connectivity index (χ2v) is 6.66. The summed E-state index contributed by atoms with van der Waals surface area (Å²) in [5.74, 6) is -1.15. The molecule has 2 unspecified atom stereocenters. The second kappa shape index (κ2) is 7.34. The van der Waals surface area contributed by atoms with Crippen LogP contribution in [0.15, 0.2) is 18.2 Å². The van der Waals surface area contributed by atoms with Crippen LogP contribution in [-0.4, -0.2) is 56.2 Å². The number of nitrogens with one attached hydrogen (secondary N) is 2. The Bertz CT molecular complexity index is 598. The van der Waals surface area contributed by atoms with E-state index in [9.17, 15) is 13.6 Å². The zero-order chi connectivity index (χ0) is 17.1. The topological polar surface area (TPSA) is 47.6 Å². The molecule has 1 aromatic carbocycles. The molecule has 0 aliphatic carbocycles. The minimum absolute atomic E-state index is 0.0317. The summed E-state index contributed by atoms with van der Waals surface area (Å²) in [6.07, 6.45) is 3.02. The molecule has 2 heterocycles. The summed E-state index contributed by atoms with van der Waals surface area (Å²) in [7, 11) is 2.07. The number of amides is 2. The molecule has 3 rings (SSSR count).